The van der Waals surface area contributed by atoms with E-state index in [2.05, 4.69) is 11.9 Å². The molecule has 0 saturated heterocycles. The number of H-pyrrole nitrogens is 1. The van der Waals surface area contributed by atoms with Crippen LogP contribution in [0.3, 0.4) is 0 Å². The SMILES string of the molecule is CCCCCC[C@H](C)OC(=O)Cc1c(C)[nH]c(C(=O)OCc2ccccc2)c1C. The molecule has 0 bridgehead atoms. The molecule has 0 amide bonds. The molecular formula is C24H33NO4. The van der Waals surface area contributed by atoms with Crippen molar-refractivity contribution in [1.82, 2.24) is 4.98 Å². The van der Waals surface area contributed by atoms with E-state index < -0.39 is 5.97 Å². The van der Waals surface area contributed by atoms with Crippen molar-refractivity contribution in [3.8, 4) is 0 Å². The van der Waals surface area contributed by atoms with Crippen molar-refractivity contribution in [3.05, 3.63) is 58.4 Å². The molecule has 1 aromatic carbocycles. The molecule has 1 N–H and O–H groups in total. The van der Waals surface area contributed by atoms with E-state index in [1.807, 2.05) is 51.1 Å². The van der Waals surface area contributed by atoms with Crippen LogP contribution in [0.2, 0.25) is 0 Å². The van der Waals surface area contributed by atoms with Gasteiger partial charge in [-0.1, -0.05) is 56.5 Å². The number of rotatable bonds is 11. The summed E-state index contributed by atoms with van der Waals surface area (Å²) in [7, 11) is 0. The summed E-state index contributed by atoms with van der Waals surface area (Å²) in [6.45, 7) is 8.02. The average Bonchev–Trinajstić information content (AvgIpc) is 2.98. The number of benzene rings is 1. The number of ether oxygens (including phenoxy) is 2. The smallest absolute Gasteiger partial charge is 0.355 e. The molecule has 2 rings (SSSR count). The summed E-state index contributed by atoms with van der Waals surface area (Å²) < 4.78 is 11.0. The molecule has 0 spiro atoms. The molecule has 1 heterocycles. The molecule has 0 fully saturated rings. The van der Waals surface area contributed by atoms with Crippen molar-refractivity contribution in [2.75, 3.05) is 0 Å². The van der Waals surface area contributed by atoms with Crippen molar-refractivity contribution in [1.29, 1.82) is 0 Å². The minimum absolute atomic E-state index is 0.0887. The molecule has 0 unspecified atom stereocenters. The molecule has 0 aliphatic carbocycles. The number of hydrogen-bond acceptors (Lipinski definition) is 4. The molecule has 0 saturated carbocycles. The highest BCUT2D eigenvalue weighted by atomic mass is 16.5. The van der Waals surface area contributed by atoms with E-state index in [9.17, 15) is 9.59 Å². The van der Waals surface area contributed by atoms with E-state index in [1.54, 1.807) is 0 Å². The Morgan fingerprint density at radius 2 is 1.79 bits per heavy atom. The van der Waals surface area contributed by atoms with E-state index in [4.69, 9.17) is 9.47 Å². The average molecular weight is 400 g/mol. The van der Waals surface area contributed by atoms with Gasteiger partial charge in [-0.25, -0.2) is 4.79 Å². The van der Waals surface area contributed by atoms with Gasteiger partial charge in [0.15, 0.2) is 0 Å². The van der Waals surface area contributed by atoms with Crippen LogP contribution < -0.4 is 0 Å². The van der Waals surface area contributed by atoms with E-state index in [1.165, 1.54) is 19.3 Å². The van der Waals surface area contributed by atoms with E-state index >= 15 is 0 Å². The molecule has 1 aromatic heterocycles. The quantitative estimate of drug-likeness (QED) is 0.404. The number of hydrogen-bond donors (Lipinski definition) is 1. The lowest BCUT2D eigenvalue weighted by Gasteiger charge is -2.13. The van der Waals surface area contributed by atoms with Crippen molar-refractivity contribution in [3.63, 3.8) is 0 Å². The first kappa shape index (κ1) is 22.7. The van der Waals surface area contributed by atoms with Crippen LogP contribution in [0.25, 0.3) is 0 Å². The number of carbonyl (C=O) groups is 2. The first-order valence-corrected chi connectivity index (χ1v) is 10.5. The van der Waals surface area contributed by atoms with E-state index in [0.29, 0.717) is 5.69 Å². The van der Waals surface area contributed by atoms with Crippen molar-refractivity contribution in [2.45, 2.75) is 78.9 Å². The van der Waals surface area contributed by atoms with Gasteiger partial charge in [-0.2, -0.15) is 0 Å². The van der Waals surface area contributed by atoms with Crippen LogP contribution >= 0.6 is 0 Å². The second-order valence-corrected chi connectivity index (χ2v) is 7.62. The van der Waals surface area contributed by atoms with Crippen LogP contribution in [0.1, 0.15) is 78.8 Å². The topological polar surface area (TPSA) is 68.4 Å². The molecule has 5 heteroatoms. The van der Waals surface area contributed by atoms with Gasteiger partial charge in [0.05, 0.1) is 12.5 Å². The van der Waals surface area contributed by atoms with Gasteiger partial charge in [-0.3, -0.25) is 4.79 Å². The van der Waals surface area contributed by atoms with E-state index in [-0.39, 0.29) is 25.1 Å². The molecule has 5 nitrogen and oxygen atoms in total. The highest BCUT2D eigenvalue weighted by Gasteiger charge is 2.21. The summed E-state index contributed by atoms with van der Waals surface area (Å²) in [6, 6.07) is 9.54. The predicted octanol–water partition coefficient (Wildman–Crippen LogP) is 5.43. The Balaban J connectivity index is 1.90. The summed E-state index contributed by atoms with van der Waals surface area (Å²) in [6.07, 6.45) is 5.59. The molecule has 0 radical (unpaired) electrons. The number of nitrogens with one attached hydrogen (secondary N) is 1. The lowest BCUT2D eigenvalue weighted by atomic mass is 10.1. The zero-order valence-electron chi connectivity index (χ0n) is 18.0. The maximum atomic E-state index is 12.5. The Kier molecular flexibility index (Phi) is 8.97. The van der Waals surface area contributed by atoms with Gasteiger partial charge in [-0.05, 0) is 50.3 Å². The Morgan fingerprint density at radius 3 is 2.48 bits per heavy atom. The van der Waals surface area contributed by atoms with Crippen molar-refractivity contribution in [2.24, 2.45) is 0 Å². The van der Waals surface area contributed by atoms with Gasteiger partial charge in [0.2, 0.25) is 0 Å². The van der Waals surface area contributed by atoms with Gasteiger partial charge in [0.25, 0.3) is 0 Å². The Labute approximate surface area is 173 Å². The number of aromatic amines is 1. The summed E-state index contributed by atoms with van der Waals surface area (Å²) in [4.78, 5) is 27.9. The van der Waals surface area contributed by atoms with Crippen LogP contribution in [0.4, 0.5) is 0 Å². The summed E-state index contributed by atoms with van der Waals surface area (Å²) >= 11 is 0. The second kappa shape index (κ2) is 11.4. The fraction of sp³-hybridized carbons (Fsp3) is 0.500. The molecular weight excluding hydrogens is 366 g/mol. The third-order valence-electron chi connectivity index (χ3n) is 5.13. The lowest BCUT2D eigenvalue weighted by Crippen LogP contribution is -2.17. The lowest BCUT2D eigenvalue weighted by molar-refractivity contribution is -0.147. The Morgan fingerprint density at radius 1 is 1.07 bits per heavy atom. The number of unbranched alkanes of at least 4 members (excludes halogenated alkanes) is 3. The standard InChI is InChI=1S/C24H33NO4/c1-5-6-7-9-12-17(2)29-22(26)15-21-18(3)23(25-19(21)4)24(27)28-16-20-13-10-8-11-14-20/h8,10-11,13-14,17,25H,5-7,9,12,15-16H2,1-4H3/t17-/m0/s1. The highest BCUT2D eigenvalue weighted by molar-refractivity contribution is 5.90. The fourth-order valence-electron chi connectivity index (χ4n) is 3.38. The van der Waals surface area contributed by atoms with E-state index in [0.717, 1.165) is 35.2 Å². The minimum atomic E-state index is -0.418. The molecule has 1 atom stereocenters. The monoisotopic (exact) mass is 399 g/mol. The Hall–Kier alpha value is -2.56. The third kappa shape index (κ3) is 7.08. The maximum absolute atomic E-state index is 12.5. The van der Waals surface area contributed by atoms with Crippen LogP contribution in [0, 0.1) is 13.8 Å². The molecule has 0 aliphatic rings. The first-order chi connectivity index (χ1) is 13.9. The third-order valence-corrected chi connectivity index (χ3v) is 5.13. The van der Waals surface area contributed by atoms with Gasteiger partial charge < -0.3 is 14.5 Å². The molecule has 158 valence electrons. The molecule has 29 heavy (non-hydrogen) atoms. The normalized spacial score (nSPS) is 11.9. The largest absolute Gasteiger partial charge is 0.462 e. The summed E-state index contributed by atoms with van der Waals surface area (Å²) in [5.41, 5.74) is 3.67. The van der Waals surface area contributed by atoms with Crippen LogP contribution in [-0.2, 0) is 27.3 Å². The second-order valence-electron chi connectivity index (χ2n) is 7.62. The summed E-state index contributed by atoms with van der Waals surface area (Å²) in [5, 5.41) is 0. The molecule has 2 aromatic rings. The molecule has 0 aliphatic heterocycles. The fourth-order valence-corrected chi connectivity index (χ4v) is 3.38. The van der Waals surface area contributed by atoms with Gasteiger partial charge in [0, 0.05) is 5.69 Å². The summed E-state index contributed by atoms with van der Waals surface area (Å²) in [5.74, 6) is -0.680. The van der Waals surface area contributed by atoms with Crippen molar-refractivity contribution < 1.29 is 19.1 Å². The number of esters is 2. The van der Waals surface area contributed by atoms with Gasteiger partial charge in [-0.15, -0.1) is 0 Å². The Bertz CT molecular complexity index is 795. The predicted molar refractivity (Wildman–Crippen MR) is 114 cm³/mol. The number of aryl methyl sites for hydroxylation is 1. The van der Waals surface area contributed by atoms with Crippen LogP contribution in [-0.4, -0.2) is 23.0 Å². The van der Waals surface area contributed by atoms with Gasteiger partial charge in [0.1, 0.15) is 12.3 Å². The maximum Gasteiger partial charge on any atom is 0.355 e. The highest BCUT2D eigenvalue weighted by Crippen LogP contribution is 2.21. The zero-order valence-corrected chi connectivity index (χ0v) is 18.0. The first-order valence-electron chi connectivity index (χ1n) is 10.5. The van der Waals surface area contributed by atoms with Crippen LogP contribution in [0.15, 0.2) is 30.3 Å². The zero-order chi connectivity index (χ0) is 21.2. The van der Waals surface area contributed by atoms with Gasteiger partial charge >= 0.3 is 11.9 Å². The number of aromatic nitrogens is 1. The van der Waals surface area contributed by atoms with Crippen molar-refractivity contribution >= 4 is 11.9 Å². The van der Waals surface area contributed by atoms with Crippen LogP contribution in [0.5, 0.6) is 0 Å². The number of carbonyl (C=O) groups excluding carboxylic acids is 2. The minimum Gasteiger partial charge on any atom is -0.462 e.